The first-order chi connectivity index (χ1) is 16.2. The molecule has 1 aliphatic rings. The Morgan fingerprint density at radius 1 is 0.971 bits per heavy atom. The Hall–Kier alpha value is -3.69. The first-order valence-corrected chi connectivity index (χ1v) is 12.3. The summed E-state index contributed by atoms with van der Waals surface area (Å²) < 4.78 is 32.5. The molecule has 176 valence electrons. The highest BCUT2D eigenvalue weighted by molar-refractivity contribution is 7.89. The fraction of sp³-hybridized carbons (Fsp3) is 0.200. The number of ether oxygens (including phenoxy) is 1. The minimum absolute atomic E-state index is 0.126. The molecule has 1 aliphatic heterocycles. The number of fused-ring (bicyclic) bond motifs is 2. The van der Waals surface area contributed by atoms with Crippen molar-refractivity contribution in [2.75, 3.05) is 23.7 Å². The average Bonchev–Trinajstić information content (AvgIpc) is 2.95. The maximum absolute atomic E-state index is 12.8. The summed E-state index contributed by atoms with van der Waals surface area (Å²) in [4.78, 5) is 25.6. The van der Waals surface area contributed by atoms with E-state index in [-0.39, 0.29) is 21.9 Å². The highest BCUT2D eigenvalue weighted by atomic mass is 32.2. The van der Waals surface area contributed by atoms with Gasteiger partial charge in [0.15, 0.2) is 5.75 Å². The van der Waals surface area contributed by atoms with Crippen molar-refractivity contribution in [2.45, 2.75) is 25.7 Å². The maximum atomic E-state index is 12.8. The number of rotatable bonds is 6. The smallest absolute Gasteiger partial charge is 0.259 e. The van der Waals surface area contributed by atoms with Crippen molar-refractivity contribution in [3.05, 3.63) is 77.4 Å². The second-order valence-electron chi connectivity index (χ2n) is 7.83. The monoisotopic (exact) mass is 479 g/mol. The van der Waals surface area contributed by atoms with Crippen LogP contribution in [0.4, 0.5) is 11.4 Å². The van der Waals surface area contributed by atoms with E-state index in [0.717, 1.165) is 5.56 Å². The molecule has 0 atom stereocenters. The van der Waals surface area contributed by atoms with E-state index in [2.05, 4.69) is 10.6 Å². The lowest BCUT2D eigenvalue weighted by Gasteiger charge is -2.18. The fourth-order valence-corrected chi connectivity index (χ4v) is 5.16. The zero-order chi connectivity index (χ0) is 24.5. The zero-order valence-corrected chi connectivity index (χ0v) is 19.9. The molecule has 0 saturated carbocycles. The van der Waals surface area contributed by atoms with Crippen LogP contribution in [0.15, 0.2) is 65.6 Å². The number of carbonyl (C=O) groups excluding carboxylic acids is 2. The van der Waals surface area contributed by atoms with E-state index in [9.17, 15) is 18.0 Å². The van der Waals surface area contributed by atoms with Gasteiger partial charge < -0.3 is 15.4 Å². The molecule has 3 aromatic carbocycles. The summed E-state index contributed by atoms with van der Waals surface area (Å²) in [7, 11) is -3.60. The number of hydrogen-bond donors (Lipinski definition) is 2. The van der Waals surface area contributed by atoms with Gasteiger partial charge in [-0.1, -0.05) is 19.9 Å². The summed E-state index contributed by atoms with van der Waals surface area (Å²) in [6, 6.07) is 16.1. The molecule has 0 saturated heterocycles. The molecular weight excluding hydrogens is 454 g/mol. The lowest BCUT2D eigenvalue weighted by atomic mass is 10.1. The molecular formula is C25H25N3O5S. The Morgan fingerprint density at radius 2 is 1.65 bits per heavy atom. The molecule has 3 aromatic rings. The number of anilines is 2. The summed E-state index contributed by atoms with van der Waals surface area (Å²) in [6.45, 7) is 6.19. The third-order valence-electron chi connectivity index (χ3n) is 5.54. The Kier molecular flexibility index (Phi) is 6.41. The van der Waals surface area contributed by atoms with Gasteiger partial charge in [-0.2, -0.15) is 4.31 Å². The summed E-state index contributed by atoms with van der Waals surface area (Å²) in [6.07, 6.45) is 0. The third kappa shape index (κ3) is 4.52. The van der Waals surface area contributed by atoms with E-state index < -0.39 is 15.9 Å². The Bertz CT molecular complexity index is 1360. The third-order valence-corrected chi connectivity index (χ3v) is 7.61. The van der Waals surface area contributed by atoms with E-state index in [4.69, 9.17) is 4.74 Å². The van der Waals surface area contributed by atoms with Crippen molar-refractivity contribution < 1.29 is 22.7 Å². The van der Waals surface area contributed by atoms with Crippen LogP contribution in [0.5, 0.6) is 11.5 Å². The number of nitrogens with zero attached hydrogens (tertiary/aromatic N) is 1. The molecule has 4 rings (SSSR count). The molecule has 0 unspecified atom stereocenters. The number of benzene rings is 3. The molecule has 0 radical (unpaired) electrons. The van der Waals surface area contributed by atoms with Gasteiger partial charge in [0.05, 0.1) is 16.1 Å². The minimum atomic E-state index is -3.60. The van der Waals surface area contributed by atoms with Crippen LogP contribution in [0.3, 0.4) is 0 Å². The van der Waals surface area contributed by atoms with Gasteiger partial charge in [-0.15, -0.1) is 0 Å². The van der Waals surface area contributed by atoms with Gasteiger partial charge in [0, 0.05) is 24.3 Å². The zero-order valence-electron chi connectivity index (χ0n) is 19.1. The van der Waals surface area contributed by atoms with Gasteiger partial charge in [0.2, 0.25) is 10.0 Å². The van der Waals surface area contributed by atoms with E-state index in [1.165, 1.54) is 28.6 Å². The molecule has 2 N–H and O–H groups in total. The average molecular weight is 480 g/mol. The number of nitrogens with one attached hydrogen (secondary N) is 2. The first kappa shape index (κ1) is 23.5. The number of sulfonamides is 1. The van der Waals surface area contributed by atoms with Gasteiger partial charge in [0.1, 0.15) is 5.75 Å². The maximum Gasteiger partial charge on any atom is 0.259 e. The van der Waals surface area contributed by atoms with Gasteiger partial charge in [-0.05, 0) is 67.1 Å². The van der Waals surface area contributed by atoms with Crippen molar-refractivity contribution in [2.24, 2.45) is 0 Å². The summed E-state index contributed by atoms with van der Waals surface area (Å²) in [5, 5.41) is 5.58. The van der Waals surface area contributed by atoms with Gasteiger partial charge >= 0.3 is 0 Å². The van der Waals surface area contributed by atoms with Crippen LogP contribution in [0.1, 0.15) is 40.1 Å². The lowest BCUT2D eigenvalue weighted by Crippen LogP contribution is -2.30. The number of hydrogen-bond acceptors (Lipinski definition) is 5. The fourth-order valence-electron chi connectivity index (χ4n) is 3.71. The predicted octanol–water partition coefficient (Wildman–Crippen LogP) is 4.64. The van der Waals surface area contributed by atoms with E-state index in [1.54, 1.807) is 38.1 Å². The Labute approximate surface area is 198 Å². The highest BCUT2D eigenvalue weighted by Gasteiger charge is 2.23. The van der Waals surface area contributed by atoms with Crippen molar-refractivity contribution in [3.8, 4) is 11.5 Å². The van der Waals surface area contributed by atoms with Gasteiger partial charge in [-0.25, -0.2) is 8.42 Å². The molecule has 8 nitrogen and oxygen atoms in total. The molecule has 34 heavy (non-hydrogen) atoms. The van der Waals surface area contributed by atoms with Crippen molar-refractivity contribution in [3.63, 3.8) is 0 Å². The summed E-state index contributed by atoms with van der Waals surface area (Å²) in [5.41, 5.74) is 2.54. The first-order valence-electron chi connectivity index (χ1n) is 10.9. The van der Waals surface area contributed by atoms with Crippen LogP contribution in [-0.4, -0.2) is 37.6 Å². The second-order valence-corrected chi connectivity index (χ2v) is 9.77. The van der Waals surface area contributed by atoms with Crippen LogP contribution >= 0.6 is 0 Å². The topological polar surface area (TPSA) is 105 Å². The number of carbonyl (C=O) groups is 2. The second kappa shape index (κ2) is 9.28. The Balaban J connectivity index is 1.53. The molecule has 0 aromatic heterocycles. The number of amides is 2. The predicted molar refractivity (Wildman–Crippen MR) is 130 cm³/mol. The van der Waals surface area contributed by atoms with Crippen molar-refractivity contribution in [1.29, 1.82) is 0 Å². The summed E-state index contributed by atoms with van der Waals surface area (Å²) >= 11 is 0. The molecule has 9 heteroatoms. The molecule has 0 spiro atoms. The van der Waals surface area contributed by atoms with Crippen LogP contribution in [0.25, 0.3) is 0 Å². The SMILES string of the molecule is CCN(CC)S(=O)(=O)c1ccc(C(=O)Nc2ccc3c(c2)C(=O)Nc2cc(C)ccc2O3)cc1. The normalized spacial score (nSPS) is 12.8. The summed E-state index contributed by atoms with van der Waals surface area (Å²) in [5.74, 6) is 0.139. The number of aryl methyl sites for hydroxylation is 1. The molecule has 0 aliphatic carbocycles. The van der Waals surface area contributed by atoms with Crippen LogP contribution in [0, 0.1) is 6.92 Å². The van der Waals surface area contributed by atoms with E-state index in [0.29, 0.717) is 36.0 Å². The highest BCUT2D eigenvalue weighted by Crippen LogP contribution is 2.37. The minimum Gasteiger partial charge on any atom is -0.454 e. The van der Waals surface area contributed by atoms with E-state index >= 15 is 0 Å². The Morgan fingerprint density at radius 3 is 2.32 bits per heavy atom. The van der Waals surface area contributed by atoms with Gasteiger partial charge in [-0.3, -0.25) is 9.59 Å². The molecule has 0 bridgehead atoms. The van der Waals surface area contributed by atoms with Crippen molar-refractivity contribution in [1.82, 2.24) is 4.31 Å². The molecule has 0 fully saturated rings. The van der Waals surface area contributed by atoms with Crippen LogP contribution < -0.4 is 15.4 Å². The van der Waals surface area contributed by atoms with Crippen molar-refractivity contribution >= 4 is 33.2 Å². The van der Waals surface area contributed by atoms with E-state index in [1.807, 2.05) is 19.1 Å². The van der Waals surface area contributed by atoms with Crippen LogP contribution in [-0.2, 0) is 10.0 Å². The standard InChI is InChI=1S/C25H25N3O5S/c1-4-28(5-2)34(31,32)19-10-7-17(8-11-19)24(29)26-18-9-13-22-20(15-18)25(30)27-21-14-16(3)6-12-23(21)33-22/h6-15H,4-5H2,1-3H3,(H,26,29)(H,27,30). The quantitative estimate of drug-likeness (QED) is 0.536. The molecule has 2 amide bonds. The lowest BCUT2D eigenvalue weighted by molar-refractivity contribution is 0.101. The van der Waals surface area contributed by atoms with Gasteiger partial charge in [0.25, 0.3) is 11.8 Å². The largest absolute Gasteiger partial charge is 0.454 e. The molecule has 1 heterocycles. The van der Waals surface area contributed by atoms with Crippen LogP contribution in [0.2, 0.25) is 0 Å².